The SMILES string of the molecule is CC(C)c1cccc(C(F)(F)F)c1/C=C/C(=O)OC(C)(C)C. The van der Waals surface area contributed by atoms with Gasteiger partial charge in [-0.15, -0.1) is 0 Å². The largest absolute Gasteiger partial charge is 0.457 e. The van der Waals surface area contributed by atoms with E-state index >= 15 is 0 Å². The summed E-state index contributed by atoms with van der Waals surface area (Å²) in [6.07, 6.45) is -2.24. The van der Waals surface area contributed by atoms with Gasteiger partial charge in [-0.25, -0.2) is 4.79 Å². The van der Waals surface area contributed by atoms with Gasteiger partial charge in [0.05, 0.1) is 5.56 Å². The van der Waals surface area contributed by atoms with Crippen LogP contribution in [-0.2, 0) is 15.7 Å². The van der Waals surface area contributed by atoms with Gasteiger partial charge in [0.15, 0.2) is 0 Å². The van der Waals surface area contributed by atoms with Crippen molar-refractivity contribution in [1.82, 2.24) is 0 Å². The highest BCUT2D eigenvalue weighted by molar-refractivity contribution is 5.88. The van der Waals surface area contributed by atoms with Crippen LogP contribution < -0.4 is 0 Å². The van der Waals surface area contributed by atoms with E-state index in [4.69, 9.17) is 4.74 Å². The van der Waals surface area contributed by atoms with Crippen LogP contribution in [0.3, 0.4) is 0 Å². The summed E-state index contributed by atoms with van der Waals surface area (Å²) in [6, 6.07) is 4.03. The maximum atomic E-state index is 13.1. The molecule has 22 heavy (non-hydrogen) atoms. The van der Waals surface area contributed by atoms with Crippen LogP contribution >= 0.6 is 0 Å². The lowest BCUT2D eigenvalue weighted by atomic mass is 9.92. The predicted octanol–water partition coefficient (Wildman–Crippen LogP) is 5.18. The maximum absolute atomic E-state index is 13.1. The van der Waals surface area contributed by atoms with Crippen LogP contribution in [0.2, 0.25) is 0 Å². The highest BCUT2D eigenvalue weighted by Gasteiger charge is 2.33. The van der Waals surface area contributed by atoms with E-state index in [2.05, 4.69) is 0 Å². The van der Waals surface area contributed by atoms with Crippen molar-refractivity contribution in [3.63, 3.8) is 0 Å². The van der Waals surface area contributed by atoms with Gasteiger partial charge in [-0.2, -0.15) is 13.2 Å². The molecule has 1 rings (SSSR count). The molecule has 0 radical (unpaired) electrons. The van der Waals surface area contributed by atoms with Crippen molar-refractivity contribution in [2.24, 2.45) is 0 Å². The fourth-order valence-corrected chi connectivity index (χ4v) is 2.01. The van der Waals surface area contributed by atoms with Crippen molar-refractivity contribution in [3.05, 3.63) is 41.0 Å². The lowest BCUT2D eigenvalue weighted by Gasteiger charge is -2.19. The Hall–Kier alpha value is -1.78. The van der Waals surface area contributed by atoms with Gasteiger partial charge in [0.25, 0.3) is 0 Å². The molecule has 0 saturated carbocycles. The van der Waals surface area contributed by atoms with E-state index in [9.17, 15) is 18.0 Å². The fraction of sp³-hybridized carbons (Fsp3) is 0.471. The monoisotopic (exact) mass is 314 g/mol. The average molecular weight is 314 g/mol. The molecule has 0 bridgehead atoms. The average Bonchev–Trinajstić information content (AvgIpc) is 2.32. The van der Waals surface area contributed by atoms with E-state index < -0.39 is 23.3 Å². The second kappa shape index (κ2) is 6.55. The maximum Gasteiger partial charge on any atom is 0.416 e. The summed E-state index contributed by atoms with van der Waals surface area (Å²) < 4.78 is 44.5. The Bertz CT molecular complexity index is 564. The zero-order chi connectivity index (χ0) is 17.1. The summed E-state index contributed by atoms with van der Waals surface area (Å²) >= 11 is 0. The van der Waals surface area contributed by atoms with Crippen molar-refractivity contribution in [3.8, 4) is 0 Å². The minimum atomic E-state index is -4.47. The smallest absolute Gasteiger partial charge is 0.416 e. The third-order valence-electron chi connectivity index (χ3n) is 2.86. The quantitative estimate of drug-likeness (QED) is 0.567. The molecule has 1 aromatic carbocycles. The first-order chi connectivity index (χ1) is 9.92. The Labute approximate surface area is 129 Å². The van der Waals surface area contributed by atoms with Gasteiger partial charge < -0.3 is 4.74 Å². The number of benzene rings is 1. The number of carbonyl (C=O) groups is 1. The van der Waals surface area contributed by atoms with Gasteiger partial charge >= 0.3 is 12.1 Å². The number of esters is 1. The summed E-state index contributed by atoms with van der Waals surface area (Å²) in [5, 5.41) is 0. The molecular formula is C17H21F3O2. The molecule has 0 aliphatic heterocycles. The fourth-order valence-electron chi connectivity index (χ4n) is 2.01. The number of carbonyl (C=O) groups excluding carboxylic acids is 1. The first-order valence-electron chi connectivity index (χ1n) is 7.03. The summed E-state index contributed by atoms with van der Waals surface area (Å²) in [6.45, 7) is 8.70. The minimum absolute atomic E-state index is 0.0101. The summed E-state index contributed by atoms with van der Waals surface area (Å²) in [7, 11) is 0. The van der Waals surface area contributed by atoms with E-state index in [-0.39, 0.29) is 11.5 Å². The highest BCUT2D eigenvalue weighted by atomic mass is 19.4. The molecule has 1 aromatic rings. The Morgan fingerprint density at radius 3 is 2.23 bits per heavy atom. The van der Waals surface area contributed by atoms with Crippen LogP contribution in [-0.4, -0.2) is 11.6 Å². The molecule has 0 spiro atoms. The molecule has 0 atom stereocenters. The molecule has 5 heteroatoms. The molecule has 0 aliphatic carbocycles. The number of alkyl halides is 3. The van der Waals surface area contributed by atoms with Crippen LogP contribution in [0.1, 0.15) is 57.2 Å². The molecular weight excluding hydrogens is 293 g/mol. The van der Waals surface area contributed by atoms with Crippen molar-refractivity contribution in [2.45, 2.75) is 52.3 Å². The zero-order valence-corrected chi connectivity index (χ0v) is 13.4. The second-order valence-electron chi connectivity index (χ2n) is 6.33. The van der Waals surface area contributed by atoms with Gasteiger partial charge in [0, 0.05) is 6.08 Å². The number of hydrogen-bond acceptors (Lipinski definition) is 2. The van der Waals surface area contributed by atoms with Crippen molar-refractivity contribution < 1.29 is 22.7 Å². The molecule has 0 heterocycles. The highest BCUT2D eigenvalue weighted by Crippen LogP contribution is 2.36. The second-order valence-corrected chi connectivity index (χ2v) is 6.33. The minimum Gasteiger partial charge on any atom is -0.457 e. The Balaban J connectivity index is 3.24. The van der Waals surface area contributed by atoms with E-state index in [1.165, 1.54) is 12.1 Å². The van der Waals surface area contributed by atoms with Crippen LogP contribution in [0.4, 0.5) is 13.2 Å². The molecule has 122 valence electrons. The van der Waals surface area contributed by atoms with E-state index in [1.807, 2.05) is 0 Å². The molecule has 0 saturated heterocycles. The Morgan fingerprint density at radius 1 is 1.18 bits per heavy atom. The van der Waals surface area contributed by atoms with Gasteiger partial charge in [0.2, 0.25) is 0 Å². The van der Waals surface area contributed by atoms with Crippen molar-refractivity contribution in [1.29, 1.82) is 0 Å². The summed E-state index contributed by atoms with van der Waals surface area (Å²) in [5.41, 5.74) is -0.893. The number of halogens is 3. The first-order valence-corrected chi connectivity index (χ1v) is 7.03. The van der Waals surface area contributed by atoms with E-state index in [0.717, 1.165) is 12.1 Å². The first kappa shape index (κ1) is 18.3. The molecule has 0 amide bonds. The van der Waals surface area contributed by atoms with E-state index in [1.54, 1.807) is 40.7 Å². The molecule has 0 unspecified atom stereocenters. The van der Waals surface area contributed by atoms with Crippen molar-refractivity contribution >= 4 is 12.0 Å². The summed E-state index contributed by atoms with van der Waals surface area (Å²) in [5.74, 6) is -0.764. The lowest BCUT2D eigenvalue weighted by molar-refractivity contribution is -0.148. The third-order valence-corrected chi connectivity index (χ3v) is 2.86. The number of rotatable bonds is 3. The van der Waals surface area contributed by atoms with Gasteiger partial charge in [-0.1, -0.05) is 26.0 Å². The lowest BCUT2D eigenvalue weighted by Crippen LogP contribution is -2.22. The third kappa shape index (κ3) is 5.20. The van der Waals surface area contributed by atoms with Gasteiger partial charge in [0.1, 0.15) is 5.60 Å². The zero-order valence-electron chi connectivity index (χ0n) is 13.4. The standard InChI is InChI=1S/C17H21F3O2/c1-11(2)12-7-6-8-14(17(18,19)20)13(12)9-10-15(21)22-16(3,4)5/h6-11H,1-5H3/b10-9+. The number of hydrogen-bond donors (Lipinski definition) is 0. The van der Waals surface area contributed by atoms with Crippen LogP contribution in [0, 0.1) is 0 Å². The predicted molar refractivity (Wildman–Crippen MR) is 80.4 cm³/mol. The molecule has 0 N–H and O–H groups in total. The molecule has 0 aromatic heterocycles. The van der Waals surface area contributed by atoms with Crippen LogP contribution in [0.5, 0.6) is 0 Å². The van der Waals surface area contributed by atoms with Crippen molar-refractivity contribution in [2.75, 3.05) is 0 Å². The molecule has 2 nitrogen and oxygen atoms in total. The normalized spacial score (nSPS) is 13.0. The summed E-state index contributed by atoms with van der Waals surface area (Å²) in [4.78, 5) is 11.7. The van der Waals surface area contributed by atoms with Crippen LogP contribution in [0.25, 0.3) is 6.08 Å². The van der Waals surface area contributed by atoms with E-state index in [0.29, 0.717) is 5.56 Å². The van der Waals surface area contributed by atoms with Gasteiger partial charge in [-0.3, -0.25) is 0 Å². The van der Waals surface area contributed by atoms with Gasteiger partial charge in [-0.05, 0) is 50.0 Å². The topological polar surface area (TPSA) is 26.3 Å². The molecule has 0 fully saturated rings. The van der Waals surface area contributed by atoms with Crippen LogP contribution in [0.15, 0.2) is 24.3 Å². The Kier molecular flexibility index (Phi) is 5.44. The number of ether oxygens (including phenoxy) is 1. The molecule has 0 aliphatic rings. The Morgan fingerprint density at radius 2 is 1.77 bits per heavy atom.